The van der Waals surface area contributed by atoms with E-state index in [-0.39, 0.29) is 11.4 Å². The van der Waals surface area contributed by atoms with E-state index in [9.17, 15) is 9.18 Å². The highest BCUT2D eigenvalue weighted by atomic mass is 19.1. The highest BCUT2D eigenvalue weighted by Crippen LogP contribution is 2.12. The van der Waals surface area contributed by atoms with Gasteiger partial charge in [0.05, 0.1) is 5.56 Å². The predicted molar refractivity (Wildman–Crippen MR) is 69.2 cm³/mol. The molecule has 0 saturated heterocycles. The summed E-state index contributed by atoms with van der Waals surface area (Å²) in [6, 6.07) is 9.18. The lowest BCUT2D eigenvalue weighted by Gasteiger charge is -2.01. The van der Waals surface area contributed by atoms with E-state index in [1.165, 1.54) is 24.3 Å². The highest BCUT2D eigenvalue weighted by Gasteiger charge is 2.10. The van der Waals surface area contributed by atoms with Crippen molar-refractivity contribution in [3.8, 4) is 0 Å². The quantitative estimate of drug-likeness (QED) is 0.792. The van der Waals surface area contributed by atoms with Crippen molar-refractivity contribution in [2.45, 2.75) is 6.42 Å². The number of hydrogen-bond acceptors (Lipinski definition) is 3. The van der Waals surface area contributed by atoms with Gasteiger partial charge in [0, 0.05) is 12.6 Å². The molecule has 3 aromatic rings. The topological polar surface area (TPSA) is 67.5 Å². The SMILES string of the molecule is O=C(O)c1ccn2c(Cc3cccc(F)c3)nnc2c1. The number of nitrogens with zero attached hydrogens (tertiary/aromatic N) is 3. The molecule has 0 aliphatic carbocycles. The number of pyridine rings is 1. The van der Waals surface area contributed by atoms with Gasteiger partial charge in [-0.1, -0.05) is 12.1 Å². The van der Waals surface area contributed by atoms with Crippen molar-refractivity contribution in [2.75, 3.05) is 0 Å². The van der Waals surface area contributed by atoms with Crippen LogP contribution >= 0.6 is 0 Å². The number of fused-ring (bicyclic) bond motifs is 1. The molecule has 6 heteroatoms. The molecule has 1 aromatic carbocycles. The Labute approximate surface area is 113 Å². The Morgan fingerprint density at radius 3 is 2.85 bits per heavy atom. The smallest absolute Gasteiger partial charge is 0.335 e. The number of hydrogen-bond donors (Lipinski definition) is 1. The zero-order valence-corrected chi connectivity index (χ0v) is 10.3. The third-order valence-electron chi connectivity index (χ3n) is 2.98. The molecule has 0 bridgehead atoms. The van der Waals surface area contributed by atoms with Gasteiger partial charge in [0.15, 0.2) is 5.65 Å². The summed E-state index contributed by atoms with van der Waals surface area (Å²) in [6.07, 6.45) is 2.03. The second-order valence-corrected chi connectivity index (χ2v) is 4.37. The second kappa shape index (κ2) is 4.73. The summed E-state index contributed by atoms with van der Waals surface area (Å²) in [4.78, 5) is 10.9. The van der Waals surface area contributed by atoms with Gasteiger partial charge in [0.2, 0.25) is 0 Å². The van der Waals surface area contributed by atoms with Crippen LogP contribution in [-0.2, 0) is 6.42 Å². The number of carboxylic acids is 1. The summed E-state index contributed by atoms with van der Waals surface area (Å²) >= 11 is 0. The van der Waals surface area contributed by atoms with Gasteiger partial charge in [-0.05, 0) is 29.8 Å². The normalized spacial score (nSPS) is 10.8. The minimum atomic E-state index is -1.01. The minimum Gasteiger partial charge on any atom is -0.478 e. The summed E-state index contributed by atoms with van der Waals surface area (Å²) in [5, 5.41) is 16.9. The molecule has 0 saturated carbocycles. The number of aromatic carboxylic acids is 1. The van der Waals surface area contributed by atoms with Crippen LogP contribution in [0.25, 0.3) is 5.65 Å². The Bertz CT molecular complexity index is 798. The molecule has 0 atom stereocenters. The predicted octanol–water partition coefficient (Wildman–Crippen LogP) is 2.16. The molecular formula is C14H10FN3O2. The van der Waals surface area contributed by atoms with Crippen LogP contribution in [0, 0.1) is 5.82 Å². The number of carbonyl (C=O) groups is 1. The minimum absolute atomic E-state index is 0.155. The largest absolute Gasteiger partial charge is 0.478 e. The molecule has 0 unspecified atom stereocenters. The number of halogens is 1. The van der Waals surface area contributed by atoms with E-state index in [0.29, 0.717) is 17.9 Å². The average molecular weight is 271 g/mol. The lowest BCUT2D eigenvalue weighted by atomic mass is 10.1. The van der Waals surface area contributed by atoms with Crippen molar-refractivity contribution in [3.63, 3.8) is 0 Å². The molecule has 0 fully saturated rings. The molecule has 1 N–H and O–H groups in total. The Morgan fingerprint density at radius 1 is 1.25 bits per heavy atom. The van der Waals surface area contributed by atoms with Crippen LogP contribution < -0.4 is 0 Å². The molecule has 0 spiro atoms. The van der Waals surface area contributed by atoms with Gasteiger partial charge in [-0.25, -0.2) is 9.18 Å². The third-order valence-corrected chi connectivity index (χ3v) is 2.98. The molecule has 0 radical (unpaired) electrons. The maximum absolute atomic E-state index is 13.1. The van der Waals surface area contributed by atoms with Gasteiger partial charge in [-0.3, -0.25) is 4.40 Å². The molecule has 0 amide bonds. The van der Waals surface area contributed by atoms with E-state index in [1.54, 1.807) is 22.7 Å². The maximum Gasteiger partial charge on any atom is 0.335 e. The molecule has 20 heavy (non-hydrogen) atoms. The number of rotatable bonds is 3. The number of benzene rings is 1. The Hall–Kier alpha value is -2.76. The van der Waals surface area contributed by atoms with Crippen molar-refractivity contribution in [2.24, 2.45) is 0 Å². The van der Waals surface area contributed by atoms with E-state index in [2.05, 4.69) is 10.2 Å². The summed E-state index contributed by atoms with van der Waals surface area (Å²) in [6.45, 7) is 0. The lowest BCUT2D eigenvalue weighted by molar-refractivity contribution is 0.0697. The summed E-state index contributed by atoms with van der Waals surface area (Å²) in [5.74, 6) is -0.686. The Morgan fingerprint density at radius 2 is 2.10 bits per heavy atom. The van der Waals surface area contributed by atoms with E-state index in [4.69, 9.17) is 5.11 Å². The molecule has 100 valence electrons. The molecule has 0 aliphatic heterocycles. The van der Waals surface area contributed by atoms with Gasteiger partial charge >= 0.3 is 5.97 Å². The highest BCUT2D eigenvalue weighted by molar-refractivity contribution is 5.88. The van der Waals surface area contributed by atoms with Crippen LogP contribution in [0.2, 0.25) is 0 Å². The third kappa shape index (κ3) is 2.23. The van der Waals surface area contributed by atoms with Crippen LogP contribution in [0.15, 0.2) is 42.6 Å². The average Bonchev–Trinajstić information content (AvgIpc) is 2.81. The molecular weight excluding hydrogens is 261 g/mol. The second-order valence-electron chi connectivity index (χ2n) is 4.37. The van der Waals surface area contributed by atoms with Crippen LogP contribution in [0.1, 0.15) is 21.7 Å². The van der Waals surface area contributed by atoms with Crippen molar-refractivity contribution < 1.29 is 14.3 Å². The van der Waals surface area contributed by atoms with Crippen LogP contribution in [0.4, 0.5) is 4.39 Å². The fraction of sp³-hybridized carbons (Fsp3) is 0.0714. The molecule has 2 aromatic heterocycles. The molecule has 5 nitrogen and oxygen atoms in total. The van der Waals surface area contributed by atoms with Crippen molar-refractivity contribution >= 4 is 11.6 Å². The van der Waals surface area contributed by atoms with E-state index >= 15 is 0 Å². The van der Waals surface area contributed by atoms with Crippen LogP contribution in [0.3, 0.4) is 0 Å². The monoisotopic (exact) mass is 271 g/mol. The molecule has 2 heterocycles. The first kappa shape index (κ1) is 12.3. The Kier molecular flexibility index (Phi) is 2.90. The zero-order chi connectivity index (χ0) is 14.1. The van der Waals surface area contributed by atoms with Gasteiger partial charge in [0.25, 0.3) is 0 Å². The molecule has 0 aliphatic rings. The summed E-state index contributed by atoms with van der Waals surface area (Å²) in [5.41, 5.74) is 1.39. The van der Waals surface area contributed by atoms with E-state index < -0.39 is 5.97 Å². The fourth-order valence-corrected chi connectivity index (χ4v) is 2.02. The number of carboxylic acid groups (broad SMARTS) is 1. The molecule has 3 rings (SSSR count). The Balaban J connectivity index is 1.98. The maximum atomic E-state index is 13.1. The van der Waals surface area contributed by atoms with Crippen LogP contribution in [-0.4, -0.2) is 25.7 Å². The van der Waals surface area contributed by atoms with Gasteiger partial charge < -0.3 is 5.11 Å². The van der Waals surface area contributed by atoms with Gasteiger partial charge in [-0.2, -0.15) is 0 Å². The standard InChI is InChI=1S/C14H10FN3O2/c15-11-3-1-2-9(6-11)7-12-16-17-13-8-10(14(19)20)4-5-18(12)13/h1-6,8H,7H2,(H,19,20). The van der Waals surface area contributed by atoms with E-state index in [0.717, 1.165) is 5.56 Å². The summed E-state index contributed by atoms with van der Waals surface area (Å²) in [7, 11) is 0. The van der Waals surface area contributed by atoms with Crippen molar-refractivity contribution in [3.05, 3.63) is 65.4 Å². The van der Waals surface area contributed by atoms with Crippen molar-refractivity contribution in [1.29, 1.82) is 0 Å². The van der Waals surface area contributed by atoms with Crippen LogP contribution in [0.5, 0.6) is 0 Å². The fourth-order valence-electron chi connectivity index (χ4n) is 2.02. The van der Waals surface area contributed by atoms with Gasteiger partial charge in [-0.15, -0.1) is 10.2 Å². The van der Waals surface area contributed by atoms with Gasteiger partial charge in [0.1, 0.15) is 11.6 Å². The first-order chi connectivity index (χ1) is 9.63. The zero-order valence-electron chi connectivity index (χ0n) is 10.3. The van der Waals surface area contributed by atoms with Crippen molar-refractivity contribution in [1.82, 2.24) is 14.6 Å². The first-order valence-corrected chi connectivity index (χ1v) is 5.95. The van der Waals surface area contributed by atoms with E-state index in [1.807, 2.05) is 0 Å². The number of aromatic nitrogens is 3. The lowest BCUT2D eigenvalue weighted by Crippen LogP contribution is -2.00. The summed E-state index contributed by atoms with van der Waals surface area (Å²) < 4.78 is 14.8. The first-order valence-electron chi connectivity index (χ1n) is 5.95.